The number of para-hydroxylation sites is 1. The molecule has 5 aromatic rings. The van der Waals surface area contributed by atoms with Crippen LogP contribution < -0.4 is 0 Å². The van der Waals surface area contributed by atoms with Crippen LogP contribution in [0.1, 0.15) is 86.5 Å². The zero-order valence-corrected chi connectivity index (χ0v) is 21.8. The highest BCUT2D eigenvalue weighted by Crippen LogP contribution is 2.42. The smallest absolute Gasteiger partial charge is 0.144 e. The molecule has 6 rings (SSSR count). The summed E-state index contributed by atoms with van der Waals surface area (Å²) < 4.78 is 40.6. The third kappa shape index (κ3) is 4.11. The summed E-state index contributed by atoms with van der Waals surface area (Å²) in [6.07, 6.45) is 7.54. The van der Waals surface area contributed by atoms with Crippen molar-refractivity contribution in [2.75, 3.05) is 0 Å². The minimum atomic E-state index is -2.24. The summed E-state index contributed by atoms with van der Waals surface area (Å²) in [7, 11) is 0. The van der Waals surface area contributed by atoms with E-state index in [2.05, 4.69) is 58.0 Å². The van der Waals surface area contributed by atoms with Crippen molar-refractivity contribution in [3.05, 3.63) is 77.0 Å². The predicted molar refractivity (Wildman–Crippen MR) is 153 cm³/mol. The van der Waals surface area contributed by atoms with Crippen molar-refractivity contribution >= 4 is 32.7 Å². The fraction of sp³-hybridized carbons (Fsp3) is 0.382. The van der Waals surface area contributed by atoms with Gasteiger partial charge < -0.3 is 4.42 Å². The maximum absolute atomic E-state index is 9.20. The predicted octanol–water partition coefficient (Wildman–Crippen LogP) is 10.1. The Bertz CT molecular complexity index is 1750. The van der Waals surface area contributed by atoms with E-state index in [0.717, 1.165) is 75.1 Å². The third-order valence-electron chi connectivity index (χ3n) is 7.63. The van der Waals surface area contributed by atoms with Crippen molar-refractivity contribution < 1.29 is 9.90 Å². The topological polar surface area (TPSA) is 26.0 Å². The van der Waals surface area contributed by atoms with E-state index >= 15 is 0 Å². The molecule has 2 aromatic heterocycles. The molecule has 0 aliphatic heterocycles. The van der Waals surface area contributed by atoms with Crippen molar-refractivity contribution in [1.82, 2.24) is 4.98 Å². The molecule has 0 atom stereocenters. The lowest BCUT2D eigenvalue weighted by Gasteiger charge is -2.22. The van der Waals surface area contributed by atoms with Crippen LogP contribution in [-0.4, -0.2) is 4.98 Å². The van der Waals surface area contributed by atoms with Crippen LogP contribution in [0.2, 0.25) is 0 Å². The van der Waals surface area contributed by atoms with Gasteiger partial charge in [-0.1, -0.05) is 70.4 Å². The van der Waals surface area contributed by atoms with Gasteiger partial charge in [-0.05, 0) is 90.2 Å². The molecule has 2 heteroatoms. The van der Waals surface area contributed by atoms with Gasteiger partial charge in [-0.25, -0.2) is 0 Å². The SMILES string of the molecule is [2H]C([2H])([2H])c1cc(-c2cccc3c2oc2c4cc(C5([2H])CCCCC5)ccc4cc(C)c32)ncc1CC(C)(C)C. The third-order valence-corrected chi connectivity index (χ3v) is 7.63. The monoisotopic (exact) mass is 479 g/mol. The lowest BCUT2D eigenvalue weighted by molar-refractivity contribution is 0.410. The Morgan fingerprint density at radius 1 is 0.972 bits per heavy atom. The van der Waals surface area contributed by atoms with Crippen molar-refractivity contribution in [3.63, 3.8) is 0 Å². The van der Waals surface area contributed by atoms with Crippen LogP contribution in [0.25, 0.3) is 44.0 Å². The maximum Gasteiger partial charge on any atom is 0.144 e. The first-order valence-electron chi connectivity index (χ1n) is 15.2. The summed E-state index contributed by atoms with van der Waals surface area (Å²) in [5.41, 5.74) is 6.15. The summed E-state index contributed by atoms with van der Waals surface area (Å²) >= 11 is 0. The molecule has 1 saturated carbocycles. The van der Waals surface area contributed by atoms with E-state index in [9.17, 15) is 1.37 Å². The molecule has 2 heterocycles. The number of benzene rings is 3. The van der Waals surface area contributed by atoms with Gasteiger partial charge in [0.25, 0.3) is 0 Å². The highest BCUT2D eigenvalue weighted by Gasteiger charge is 2.20. The Balaban J connectivity index is 1.57. The summed E-state index contributed by atoms with van der Waals surface area (Å²) in [4.78, 5) is 4.76. The average molecular weight is 480 g/mol. The molecule has 0 amide bonds. The van der Waals surface area contributed by atoms with Crippen LogP contribution in [0.3, 0.4) is 0 Å². The highest BCUT2D eigenvalue weighted by molar-refractivity contribution is 6.18. The summed E-state index contributed by atoms with van der Waals surface area (Å²) in [5, 5.41) is 4.17. The lowest BCUT2D eigenvalue weighted by Crippen LogP contribution is -2.10. The normalized spacial score (nSPS) is 18.2. The van der Waals surface area contributed by atoms with Crippen LogP contribution >= 0.6 is 0 Å². The second kappa shape index (κ2) is 8.76. The summed E-state index contributed by atoms with van der Waals surface area (Å²) in [6, 6.07) is 16.4. The second-order valence-electron chi connectivity index (χ2n) is 11.7. The van der Waals surface area contributed by atoms with Crippen LogP contribution in [-0.2, 0) is 6.42 Å². The first-order chi connectivity index (χ1) is 18.8. The minimum Gasteiger partial charge on any atom is -0.455 e. The second-order valence-corrected chi connectivity index (χ2v) is 11.7. The molecule has 36 heavy (non-hydrogen) atoms. The van der Waals surface area contributed by atoms with E-state index in [1.54, 1.807) is 12.3 Å². The first kappa shape index (κ1) is 19.0. The first-order valence-corrected chi connectivity index (χ1v) is 13.2. The molecular weight excluding hydrogens is 438 g/mol. The van der Waals surface area contributed by atoms with Crippen molar-refractivity contribution in [1.29, 1.82) is 0 Å². The van der Waals surface area contributed by atoms with Crippen molar-refractivity contribution in [2.45, 2.75) is 79.0 Å². The molecule has 0 unspecified atom stereocenters. The lowest BCUT2D eigenvalue weighted by atomic mass is 9.83. The zero-order valence-electron chi connectivity index (χ0n) is 25.8. The maximum atomic E-state index is 9.20. The molecule has 184 valence electrons. The van der Waals surface area contributed by atoms with Crippen LogP contribution in [0.15, 0.2) is 59.1 Å². The number of hydrogen-bond acceptors (Lipinski definition) is 2. The Morgan fingerprint density at radius 3 is 2.58 bits per heavy atom. The van der Waals surface area contributed by atoms with Gasteiger partial charge in [0.15, 0.2) is 0 Å². The Morgan fingerprint density at radius 2 is 1.81 bits per heavy atom. The van der Waals surface area contributed by atoms with E-state index in [4.69, 9.17) is 13.5 Å². The zero-order chi connectivity index (χ0) is 28.4. The molecule has 0 N–H and O–H groups in total. The van der Waals surface area contributed by atoms with E-state index in [-0.39, 0.29) is 5.41 Å². The molecule has 1 aliphatic carbocycles. The Labute approximate surface area is 220 Å². The van der Waals surface area contributed by atoms with E-state index in [0.29, 0.717) is 23.3 Å². The van der Waals surface area contributed by atoms with Gasteiger partial charge in [-0.15, -0.1) is 0 Å². The molecule has 0 radical (unpaired) electrons. The van der Waals surface area contributed by atoms with Gasteiger partial charge in [0.2, 0.25) is 0 Å². The van der Waals surface area contributed by atoms with Crippen LogP contribution in [0, 0.1) is 19.2 Å². The molecule has 0 saturated heterocycles. The van der Waals surface area contributed by atoms with Crippen molar-refractivity contribution in [3.8, 4) is 11.3 Å². The number of hydrogen-bond donors (Lipinski definition) is 0. The van der Waals surface area contributed by atoms with E-state index in [1.165, 1.54) is 6.42 Å². The van der Waals surface area contributed by atoms with Gasteiger partial charge in [0.05, 0.1) is 5.69 Å². The number of aryl methyl sites for hydroxylation is 2. The quantitative estimate of drug-likeness (QED) is 0.257. The fourth-order valence-corrected chi connectivity index (χ4v) is 5.92. The summed E-state index contributed by atoms with van der Waals surface area (Å²) in [5.74, 6) is -0.550. The van der Waals surface area contributed by atoms with Crippen LogP contribution in [0.5, 0.6) is 0 Å². The fourth-order valence-electron chi connectivity index (χ4n) is 5.92. The number of rotatable bonds is 3. The van der Waals surface area contributed by atoms with Gasteiger partial charge >= 0.3 is 0 Å². The highest BCUT2D eigenvalue weighted by atomic mass is 16.3. The molecule has 2 nitrogen and oxygen atoms in total. The largest absolute Gasteiger partial charge is 0.455 e. The Kier molecular flexibility index (Phi) is 4.64. The number of pyridine rings is 1. The van der Waals surface area contributed by atoms with Gasteiger partial charge in [-0.3, -0.25) is 4.98 Å². The summed E-state index contributed by atoms with van der Waals surface area (Å²) in [6.45, 7) is 6.18. The van der Waals surface area contributed by atoms with Crippen LogP contribution in [0.4, 0.5) is 0 Å². The molecule has 1 fully saturated rings. The molecule has 3 aromatic carbocycles. The number of aromatic nitrogens is 1. The molecule has 0 spiro atoms. The van der Waals surface area contributed by atoms with Crippen molar-refractivity contribution in [2.24, 2.45) is 5.41 Å². The minimum absolute atomic E-state index is 0.0609. The average Bonchev–Trinajstić information content (AvgIpc) is 3.29. The molecule has 1 aliphatic rings. The van der Waals surface area contributed by atoms with E-state index < -0.39 is 12.7 Å². The standard InChI is InChI=1S/C34H37NO/c1-21-17-30(35-20-26(21)19-34(3,4)5)27-12-9-13-28-31-22(2)16-25-15-14-24(23-10-7-6-8-11-23)18-29(25)33(31)36-32(27)28/h9,12-18,20,23H,6-8,10-11,19H2,1-5H3/i1D3,23D. The molecular formula is C34H37NO. The van der Waals surface area contributed by atoms with Gasteiger partial charge in [0, 0.05) is 33.4 Å². The number of nitrogens with zero attached hydrogens (tertiary/aromatic N) is 1. The van der Waals surface area contributed by atoms with Gasteiger partial charge in [-0.2, -0.15) is 0 Å². The van der Waals surface area contributed by atoms with E-state index in [1.807, 2.05) is 12.1 Å². The number of fused-ring (bicyclic) bond motifs is 5. The Hall–Kier alpha value is -3.13. The number of furan rings is 1. The van der Waals surface area contributed by atoms with Gasteiger partial charge in [0.1, 0.15) is 11.2 Å². The molecule has 0 bridgehead atoms.